The standard InChI is InChI=1S/C10H17N5S/c1-7(15(2)3)6-13-10-12-5-4-8(14-10)9(11)16/h4-5,7H,6H2,1-3H3,(H2,11,16)(H,12,13,14). The van der Waals surface area contributed by atoms with Crippen molar-refractivity contribution in [1.29, 1.82) is 0 Å². The fourth-order valence-corrected chi connectivity index (χ4v) is 1.12. The smallest absolute Gasteiger partial charge is 0.223 e. The largest absolute Gasteiger partial charge is 0.388 e. The summed E-state index contributed by atoms with van der Waals surface area (Å²) in [6, 6.07) is 2.10. The minimum Gasteiger partial charge on any atom is -0.388 e. The zero-order valence-electron chi connectivity index (χ0n) is 9.77. The number of thiocarbonyl (C=S) groups is 1. The SMILES string of the molecule is CC(CNc1nccc(C(N)=S)n1)N(C)C. The molecule has 0 fully saturated rings. The zero-order chi connectivity index (χ0) is 12.1. The van der Waals surface area contributed by atoms with Gasteiger partial charge in [0.25, 0.3) is 0 Å². The lowest BCUT2D eigenvalue weighted by Crippen LogP contribution is -2.32. The van der Waals surface area contributed by atoms with Crippen molar-refractivity contribution in [1.82, 2.24) is 14.9 Å². The van der Waals surface area contributed by atoms with Crippen molar-refractivity contribution in [2.45, 2.75) is 13.0 Å². The normalized spacial score (nSPS) is 12.5. The predicted molar refractivity (Wildman–Crippen MR) is 69.6 cm³/mol. The molecule has 0 radical (unpaired) electrons. The van der Waals surface area contributed by atoms with Gasteiger partial charge in [0.1, 0.15) is 10.7 Å². The summed E-state index contributed by atoms with van der Waals surface area (Å²) >= 11 is 4.85. The molecule has 1 rings (SSSR count). The molecular weight excluding hydrogens is 222 g/mol. The molecule has 0 aliphatic heterocycles. The van der Waals surface area contributed by atoms with E-state index < -0.39 is 0 Å². The Kier molecular flexibility index (Phi) is 4.57. The van der Waals surface area contributed by atoms with Crippen molar-refractivity contribution in [3.63, 3.8) is 0 Å². The van der Waals surface area contributed by atoms with Gasteiger partial charge >= 0.3 is 0 Å². The average molecular weight is 239 g/mol. The molecular formula is C10H17N5S. The van der Waals surface area contributed by atoms with Crippen LogP contribution in [0, 0.1) is 0 Å². The molecule has 0 amide bonds. The van der Waals surface area contributed by atoms with Crippen LogP contribution in [0.25, 0.3) is 0 Å². The molecule has 0 saturated heterocycles. The van der Waals surface area contributed by atoms with Crippen molar-refractivity contribution in [2.75, 3.05) is 26.0 Å². The lowest BCUT2D eigenvalue weighted by Gasteiger charge is -2.19. The number of rotatable bonds is 5. The van der Waals surface area contributed by atoms with Gasteiger partial charge in [0, 0.05) is 18.8 Å². The summed E-state index contributed by atoms with van der Waals surface area (Å²) in [4.78, 5) is 10.7. The molecule has 0 bridgehead atoms. The highest BCUT2D eigenvalue weighted by molar-refractivity contribution is 7.80. The van der Waals surface area contributed by atoms with E-state index in [0.29, 0.717) is 17.7 Å². The molecule has 1 atom stereocenters. The molecule has 88 valence electrons. The van der Waals surface area contributed by atoms with Gasteiger partial charge in [-0.1, -0.05) is 12.2 Å². The third kappa shape index (κ3) is 3.71. The highest BCUT2D eigenvalue weighted by Gasteiger charge is 2.05. The minimum absolute atomic E-state index is 0.283. The lowest BCUT2D eigenvalue weighted by molar-refractivity contribution is 0.326. The number of nitrogens with two attached hydrogens (primary N) is 1. The second kappa shape index (κ2) is 5.72. The molecule has 6 heteroatoms. The van der Waals surface area contributed by atoms with Crippen LogP contribution in [0.5, 0.6) is 0 Å². The van der Waals surface area contributed by atoms with Gasteiger partial charge in [0.15, 0.2) is 0 Å². The molecule has 0 aliphatic rings. The molecule has 5 nitrogen and oxygen atoms in total. The van der Waals surface area contributed by atoms with Gasteiger partial charge in [-0.05, 0) is 27.1 Å². The Labute approximate surface area is 101 Å². The van der Waals surface area contributed by atoms with Gasteiger partial charge < -0.3 is 16.0 Å². The summed E-state index contributed by atoms with van der Waals surface area (Å²) in [5, 5.41) is 3.14. The van der Waals surface area contributed by atoms with E-state index in [0.717, 1.165) is 6.54 Å². The Morgan fingerprint density at radius 3 is 2.88 bits per heavy atom. The van der Waals surface area contributed by atoms with E-state index in [-0.39, 0.29) is 4.99 Å². The van der Waals surface area contributed by atoms with E-state index in [1.54, 1.807) is 12.3 Å². The van der Waals surface area contributed by atoms with E-state index in [9.17, 15) is 0 Å². The van der Waals surface area contributed by atoms with E-state index >= 15 is 0 Å². The van der Waals surface area contributed by atoms with Crippen molar-refractivity contribution >= 4 is 23.2 Å². The second-order valence-electron chi connectivity index (χ2n) is 3.82. The molecule has 0 spiro atoms. The van der Waals surface area contributed by atoms with Crippen molar-refractivity contribution in [2.24, 2.45) is 5.73 Å². The molecule has 1 unspecified atom stereocenters. The van der Waals surface area contributed by atoms with Gasteiger partial charge in [-0.3, -0.25) is 0 Å². The molecule has 0 saturated carbocycles. The Morgan fingerprint density at radius 1 is 1.62 bits per heavy atom. The number of aromatic nitrogens is 2. The molecule has 0 aliphatic carbocycles. The van der Waals surface area contributed by atoms with Crippen LogP contribution in [0.15, 0.2) is 12.3 Å². The van der Waals surface area contributed by atoms with E-state index in [2.05, 4.69) is 27.1 Å². The fourth-order valence-electron chi connectivity index (χ4n) is 1.00. The van der Waals surface area contributed by atoms with E-state index in [1.807, 2.05) is 14.1 Å². The van der Waals surface area contributed by atoms with Crippen LogP contribution in [0.3, 0.4) is 0 Å². The highest BCUT2D eigenvalue weighted by atomic mass is 32.1. The summed E-state index contributed by atoms with van der Waals surface area (Å²) in [7, 11) is 4.05. The van der Waals surface area contributed by atoms with Crippen LogP contribution in [0.4, 0.5) is 5.95 Å². The van der Waals surface area contributed by atoms with Crippen molar-refractivity contribution in [3.05, 3.63) is 18.0 Å². The summed E-state index contributed by atoms with van der Waals surface area (Å²) in [5.41, 5.74) is 6.08. The first-order chi connectivity index (χ1) is 7.50. The quantitative estimate of drug-likeness (QED) is 0.728. The second-order valence-corrected chi connectivity index (χ2v) is 4.26. The summed E-state index contributed by atoms with van der Waals surface area (Å²) < 4.78 is 0. The topological polar surface area (TPSA) is 67.1 Å². The van der Waals surface area contributed by atoms with Crippen LogP contribution in [-0.4, -0.2) is 46.5 Å². The van der Waals surface area contributed by atoms with Gasteiger partial charge in [0.05, 0.1) is 0 Å². The Bertz CT molecular complexity index is 366. The maximum absolute atomic E-state index is 5.49. The number of nitrogens with zero attached hydrogens (tertiary/aromatic N) is 3. The Morgan fingerprint density at radius 2 is 2.31 bits per heavy atom. The molecule has 3 N–H and O–H groups in total. The van der Waals surface area contributed by atoms with Gasteiger partial charge in [0.2, 0.25) is 5.95 Å². The fraction of sp³-hybridized carbons (Fsp3) is 0.500. The highest BCUT2D eigenvalue weighted by Crippen LogP contribution is 2.01. The predicted octanol–water partition coefficient (Wildman–Crippen LogP) is 0.473. The average Bonchev–Trinajstić information content (AvgIpc) is 2.26. The van der Waals surface area contributed by atoms with E-state index in [4.69, 9.17) is 18.0 Å². The Balaban J connectivity index is 2.61. The first kappa shape index (κ1) is 12.8. The maximum atomic E-state index is 5.49. The number of nitrogens with one attached hydrogen (secondary N) is 1. The summed E-state index contributed by atoms with van der Waals surface area (Å²) in [6.45, 7) is 2.89. The molecule has 1 aromatic rings. The number of likely N-dealkylation sites (N-methyl/N-ethyl adjacent to an activating group) is 1. The van der Waals surface area contributed by atoms with Crippen LogP contribution in [-0.2, 0) is 0 Å². The monoisotopic (exact) mass is 239 g/mol. The number of hydrogen-bond acceptors (Lipinski definition) is 5. The van der Waals surface area contributed by atoms with Crippen molar-refractivity contribution < 1.29 is 0 Å². The van der Waals surface area contributed by atoms with Crippen LogP contribution in [0.2, 0.25) is 0 Å². The first-order valence-corrected chi connectivity index (χ1v) is 5.44. The summed E-state index contributed by atoms with van der Waals surface area (Å²) in [6.07, 6.45) is 1.64. The first-order valence-electron chi connectivity index (χ1n) is 5.04. The van der Waals surface area contributed by atoms with Crippen LogP contribution < -0.4 is 11.1 Å². The minimum atomic E-state index is 0.283. The van der Waals surface area contributed by atoms with E-state index in [1.165, 1.54) is 0 Å². The number of hydrogen-bond donors (Lipinski definition) is 2. The molecule has 16 heavy (non-hydrogen) atoms. The lowest BCUT2D eigenvalue weighted by atomic mass is 10.3. The zero-order valence-corrected chi connectivity index (χ0v) is 10.6. The molecule has 0 aromatic carbocycles. The third-order valence-corrected chi connectivity index (χ3v) is 2.55. The van der Waals surface area contributed by atoms with Crippen LogP contribution in [0.1, 0.15) is 12.6 Å². The molecule has 1 aromatic heterocycles. The van der Waals surface area contributed by atoms with Gasteiger partial charge in [-0.2, -0.15) is 0 Å². The maximum Gasteiger partial charge on any atom is 0.223 e. The number of anilines is 1. The van der Waals surface area contributed by atoms with Crippen LogP contribution >= 0.6 is 12.2 Å². The molecule has 1 heterocycles. The van der Waals surface area contributed by atoms with Gasteiger partial charge in [-0.15, -0.1) is 0 Å². The van der Waals surface area contributed by atoms with Crippen molar-refractivity contribution in [3.8, 4) is 0 Å². The Hall–Kier alpha value is -1.27. The third-order valence-electron chi connectivity index (χ3n) is 2.35. The van der Waals surface area contributed by atoms with Gasteiger partial charge in [-0.25, -0.2) is 9.97 Å². The summed E-state index contributed by atoms with van der Waals surface area (Å²) in [5.74, 6) is 0.555.